The maximum atomic E-state index is 13.0. The molecule has 2 aromatic rings. The Balaban J connectivity index is 1.74. The average molecular weight is 501 g/mol. The second-order valence-corrected chi connectivity index (χ2v) is 7.84. The number of imide groups is 1. The Hall–Kier alpha value is -2.79. The number of alkyl halides is 3. The summed E-state index contributed by atoms with van der Waals surface area (Å²) in [5, 5.41) is 3.80. The van der Waals surface area contributed by atoms with E-state index >= 15 is 0 Å². The Kier molecular flexibility index (Phi) is 6.52. The number of para-hydroxylation sites is 1. The summed E-state index contributed by atoms with van der Waals surface area (Å²) in [5.41, 5.74) is -0.948. The van der Waals surface area contributed by atoms with Crippen LogP contribution in [0.5, 0.6) is 5.75 Å². The third kappa shape index (κ3) is 5.42. The third-order valence-electron chi connectivity index (χ3n) is 3.77. The van der Waals surface area contributed by atoms with Gasteiger partial charge in [0, 0.05) is 10.0 Å². The summed E-state index contributed by atoms with van der Waals surface area (Å²) in [6, 6.07) is 9.35. The number of hydrogen-bond acceptors (Lipinski definition) is 5. The van der Waals surface area contributed by atoms with E-state index in [1.807, 2.05) is 0 Å². The second kappa shape index (κ2) is 8.92. The molecule has 1 aliphatic heterocycles. The molecule has 0 aliphatic carbocycles. The van der Waals surface area contributed by atoms with Gasteiger partial charge in [-0.05, 0) is 48.2 Å². The molecule has 0 aromatic heterocycles. The molecule has 1 aliphatic rings. The summed E-state index contributed by atoms with van der Waals surface area (Å²) < 4.78 is 45.2. The van der Waals surface area contributed by atoms with Gasteiger partial charge in [0.2, 0.25) is 0 Å². The van der Waals surface area contributed by atoms with E-state index in [0.29, 0.717) is 10.0 Å². The van der Waals surface area contributed by atoms with E-state index in [-0.39, 0.29) is 16.3 Å². The molecule has 11 heteroatoms. The Labute approximate surface area is 181 Å². The highest BCUT2D eigenvalue weighted by atomic mass is 79.9. The van der Waals surface area contributed by atoms with Crippen molar-refractivity contribution >= 4 is 56.5 Å². The number of ether oxygens (including phenoxy) is 1. The fraction of sp³-hybridized carbons (Fsp3) is 0.105. The number of anilines is 1. The molecular formula is C19H12BrF3N2O4S. The Morgan fingerprint density at radius 3 is 2.60 bits per heavy atom. The number of thioether (sulfide) groups is 1. The minimum absolute atomic E-state index is 0.145. The fourth-order valence-electron chi connectivity index (χ4n) is 2.49. The topological polar surface area (TPSA) is 84.5 Å². The molecule has 1 heterocycles. The standard InChI is InChI=1S/C19H12BrF3N2O4S/c20-11-5-6-14(10(7-11)8-15-17(27)25-18(28)30-15)29-9-16(26)24-13-4-2-1-3-12(13)19(21,22)23/h1-8H,9H2,(H,24,26)(H,25,27,28)/b15-8-. The van der Waals surface area contributed by atoms with Crippen molar-refractivity contribution in [1.29, 1.82) is 0 Å². The molecule has 2 N–H and O–H groups in total. The van der Waals surface area contributed by atoms with Gasteiger partial charge in [0.15, 0.2) is 6.61 Å². The predicted molar refractivity (Wildman–Crippen MR) is 109 cm³/mol. The van der Waals surface area contributed by atoms with Gasteiger partial charge >= 0.3 is 6.18 Å². The molecular weight excluding hydrogens is 489 g/mol. The van der Waals surface area contributed by atoms with Crippen LogP contribution in [0.2, 0.25) is 0 Å². The number of benzene rings is 2. The van der Waals surface area contributed by atoms with Crippen molar-refractivity contribution in [3.63, 3.8) is 0 Å². The van der Waals surface area contributed by atoms with E-state index in [1.54, 1.807) is 12.1 Å². The van der Waals surface area contributed by atoms with Crippen LogP contribution in [0.1, 0.15) is 11.1 Å². The van der Waals surface area contributed by atoms with E-state index in [2.05, 4.69) is 26.6 Å². The molecule has 30 heavy (non-hydrogen) atoms. The van der Waals surface area contributed by atoms with Gasteiger partial charge in [0.1, 0.15) is 5.75 Å². The first-order chi connectivity index (χ1) is 14.1. The van der Waals surface area contributed by atoms with Gasteiger partial charge in [-0.3, -0.25) is 19.7 Å². The molecule has 0 spiro atoms. The van der Waals surface area contributed by atoms with E-state index in [4.69, 9.17) is 4.74 Å². The Bertz CT molecular complexity index is 1060. The SMILES string of the molecule is O=C(COc1ccc(Br)cc1/C=C1\SC(=O)NC1=O)Nc1ccccc1C(F)(F)F. The zero-order valence-electron chi connectivity index (χ0n) is 14.9. The smallest absolute Gasteiger partial charge is 0.418 e. The molecule has 2 aromatic carbocycles. The van der Waals surface area contributed by atoms with Gasteiger partial charge in [0.25, 0.3) is 17.1 Å². The highest BCUT2D eigenvalue weighted by Crippen LogP contribution is 2.35. The number of nitrogens with one attached hydrogen (secondary N) is 2. The first kappa shape index (κ1) is 21.9. The van der Waals surface area contributed by atoms with Crippen molar-refractivity contribution in [2.75, 3.05) is 11.9 Å². The zero-order chi connectivity index (χ0) is 21.9. The van der Waals surface area contributed by atoms with Crippen LogP contribution >= 0.6 is 27.7 Å². The first-order valence-electron chi connectivity index (χ1n) is 8.27. The first-order valence-corrected chi connectivity index (χ1v) is 9.88. The molecule has 3 amide bonds. The largest absolute Gasteiger partial charge is 0.483 e. The third-order valence-corrected chi connectivity index (χ3v) is 5.07. The van der Waals surface area contributed by atoms with E-state index < -0.39 is 35.4 Å². The monoisotopic (exact) mass is 500 g/mol. The summed E-state index contributed by atoms with van der Waals surface area (Å²) in [6.07, 6.45) is -3.20. The molecule has 0 bridgehead atoms. The van der Waals surface area contributed by atoms with Crippen molar-refractivity contribution in [2.24, 2.45) is 0 Å². The lowest BCUT2D eigenvalue weighted by atomic mass is 10.1. The van der Waals surface area contributed by atoms with Crippen molar-refractivity contribution < 1.29 is 32.3 Å². The molecule has 1 saturated heterocycles. The lowest BCUT2D eigenvalue weighted by Crippen LogP contribution is -2.22. The number of halogens is 4. The highest BCUT2D eigenvalue weighted by molar-refractivity contribution is 9.10. The van der Waals surface area contributed by atoms with E-state index in [1.165, 1.54) is 24.3 Å². The van der Waals surface area contributed by atoms with Gasteiger partial charge < -0.3 is 10.1 Å². The summed E-state index contributed by atoms with van der Waals surface area (Å²) in [4.78, 5) is 35.3. The minimum atomic E-state index is -4.62. The van der Waals surface area contributed by atoms with Crippen LogP contribution in [0.25, 0.3) is 6.08 Å². The van der Waals surface area contributed by atoms with Gasteiger partial charge in [-0.2, -0.15) is 13.2 Å². The van der Waals surface area contributed by atoms with Gasteiger partial charge in [-0.15, -0.1) is 0 Å². The molecule has 156 valence electrons. The normalized spacial score (nSPS) is 15.3. The maximum absolute atomic E-state index is 13.0. The Morgan fingerprint density at radius 1 is 1.20 bits per heavy atom. The molecule has 0 unspecified atom stereocenters. The zero-order valence-corrected chi connectivity index (χ0v) is 17.3. The van der Waals surface area contributed by atoms with Crippen molar-refractivity contribution in [1.82, 2.24) is 5.32 Å². The quantitative estimate of drug-likeness (QED) is 0.575. The van der Waals surface area contributed by atoms with Crippen LogP contribution in [0.3, 0.4) is 0 Å². The molecule has 0 atom stereocenters. The fourth-order valence-corrected chi connectivity index (χ4v) is 3.55. The van der Waals surface area contributed by atoms with Crippen LogP contribution in [0.15, 0.2) is 51.8 Å². The summed E-state index contributed by atoms with van der Waals surface area (Å²) in [7, 11) is 0. The summed E-state index contributed by atoms with van der Waals surface area (Å²) in [5.74, 6) is -1.15. The number of rotatable bonds is 5. The van der Waals surface area contributed by atoms with Crippen LogP contribution in [0.4, 0.5) is 23.7 Å². The van der Waals surface area contributed by atoms with Crippen molar-refractivity contribution in [2.45, 2.75) is 6.18 Å². The van der Waals surface area contributed by atoms with Crippen LogP contribution in [-0.2, 0) is 15.8 Å². The second-order valence-electron chi connectivity index (χ2n) is 5.91. The Morgan fingerprint density at radius 2 is 1.93 bits per heavy atom. The van der Waals surface area contributed by atoms with Crippen molar-refractivity contribution in [3.05, 3.63) is 63.0 Å². The van der Waals surface area contributed by atoms with Gasteiger partial charge in [0.05, 0.1) is 16.2 Å². The highest BCUT2D eigenvalue weighted by Gasteiger charge is 2.33. The summed E-state index contributed by atoms with van der Waals surface area (Å²) in [6.45, 7) is -0.567. The minimum Gasteiger partial charge on any atom is -0.483 e. The van der Waals surface area contributed by atoms with Gasteiger partial charge in [-0.1, -0.05) is 28.1 Å². The average Bonchev–Trinajstić information content (AvgIpc) is 2.97. The van der Waals surface area contributed by atoms with Crippen LogP contribution in [-0.4, -0.2) is 23.7 Å². The van der Waals surface area contributed by atoms with Crippen LogP contribution in [0, 0.1) is 0 Å². The number of amides is 3. The number of hydrogen-bond donors (Lipinski definition) is 2. The molecule has 1 fully saturated rings. The molecule has 3 rings (SSSR count). The lowest BCUT2D eigenvalue weighted by Gasteiger charge is -2.14. The predicted octanol–water partition coefficient (Wildman–Crippen LogP) is 4.81. The van der Waals surface area contributed by atoms with Crippen molar-refractivity contribution in [3.8, 4) is 5.75 Å². The molecule has 6 nitrogen and oxygen atoms in total. The van der Waals surface area contributed by atoms with E-state index in [0.717, 1.165) is 23.9 Å². The van der Waals surface area contributed by atoms with Gasteiger partial charge in [-0.25, -0.2) is 0 Å². The maximum Gasteiger partial charge on any atom is 0.418 e. The number of carbonyl (C=O) groups is 3. The van der Waals surface area contributed by atoms with Crippen LogP contribution < -0.4 is 15.4 Å². The van der Waals surface area contributed by atoms with E-state index in [9.17, 15) is 27.6 Å². The summed E-state index contributed by atoms with van der Waals surface area (Å²) >= 11 is 4.00. The lowest BCUT2D eigenvalue weighted by molar-refractivity contribution is -0.137. The number of carbonyl (C=O) groups excluding carboxylic acids is 3. The molecule has 0 radical (unpaired) electrons. The molecule has 0 saturated carbocycles.